The van der Waals surface area contributed by atoms with Gasteiger partial charge in [-0.25, -0.2) is 0 Å². The predicted molar refractivity (Wildman–Crippen MR) is 134 cm³/mol. The molecule has 34 heavy (non-hydrogen) atoms. The molecule has 1 aliphatic heterocycles. The Morgan fingerprint density at radius 1 is 1.09 bits per heavy atom. The molecule has 0 saturated carbocycles. The number of rotatable bonds is 13. The molecule has 1 heterocycles. The fourth-order valence-electron chi connectivity index (χ4n) is 4.45. The van der Waals surface area contributed by atoms with Gasteiger partial charge in [0.15, 0.2) is 0 Å². The summed E-state index contributed by atoms with van der Waals surface area (Å²) in [5.74, 6) is 0.0482. The number of carbonyl (C=O) groups is 2. The first-order chi connectivity index (χ1) is 16.6. The van der Waals surface area contributed by atoms with E-state index in [4.69, 9.17) is 4.74 Å². The van der Waals surface area contributed by atoms with E-state index in [0.29, 0.717) is 19.4 Å². The number of aliphatic hydroxyl groups excluding tert-OH is 1. The summed E-state index contributed by atoms with van der Waals surface area (Å²) in [6.45, 7) is 2.96. The summed E-state index contributed by atoms with van der Waals surface area (Å²) >= 11 is 0. The zero-order valence-corrected chi connectivity index (χ0v) is 20.2. The first-order valence-corrected chi connectivity index (χ1v) is 12.5. The molecular weight excluding hydrogens is 426 g/mol. The second-order valence-corrected chi connectivity index (χ2v) is 8.90. The number of likely N-dealkylation sites (tertiary alicyclic amines) is 1. The number of amides is 1. The Morgan fingerprint density at radius 2 is 1.85 bits per heavy atom. The minimum atomic E-state index is -0.698. The molecule has 0 radical (unpaired) electrons. The smallest absolute Gasteiger partial charge is 0.305 e. The number of aliphatic hydroxyl groups is 1. The fraction of sp³-hybridized carbons (Fsp3) is 0.448. The van der Waals surface area contributed by atoms with E-state index in [2.05, 4.69) is 24.3 Å². The van der Waals surface area contributed by atoms with E-state index >= 15 is 0 Å². The van der Waals surface area contributed by atoms with E-state index in [-0.39, 0.29) is 17.9 Å². The highest BCUT2D eigenvalue weighted by atomic mass is 16.5. The summed E-state index contributed by atoms with van der Waals surface area (Å²) in [4.78, 5) is 25.7. The van der Waals surface area contributed by atoms with Crippen molar-refractivity contribution in [2.24, 2.45) is 0 Å². The van der Waals surface area contributed by atoms with E-state index in [0.717, 1.165) is 56.2 Å². The zero-order chi connectivity index (χ0) is 24.2. The van der Waals surface area contributed by atoms with E-state index in [1.54, 1.807) is 0 Å². The topological polar surface area (TPSA) is 66.8 Å². The van der Waals surface area contributed by atoms with Crippen molar-refractivity contribution in [3.63, 3.8) is 0 Å². The highest BCUT2D eigenvalue weighted by Gasteiger charge is 2.28. The summed E-state index contributed by atoms with van der Waals surface area (Å²) < 4.78 is 4.95. The predicted octanol–water partition coefficient (Wildman–Crippen LogP) is 5.37. The molecule has 1 fully saturated rings. The third kappa shape index (κ3) is 8.14. The molecule has 0 spiro atoms. The third-order valence-corrected chi connectivity index (χ3v) is 6.27. The van der Waals surface area contributed by atoms with Crippen molar-refractivity contribution >= 4 is 11.9 Å². The van der Waals surface area contributed by atoms with Gasteiger partial charge in [0.1, 0.15) is 0 Å². The number of nitrogens with zero attached hydrogens (tertiary/aromatic N) is 1. The monoisotopic (exact) mass is 463 g/mol. The number of esters is 1. The minimum Gasteiger partial charge on any atom is -0.466 e. The average molecular weight is 464 g/mol. The SMILES string of the molecule is CCOC(=O)CCCCCCN1C(=O)CCC1C=C[C@@H](O)c1cccc(Cc2ccccc2)c1. The van der Waals surface area contributed by atoms with Gasteiger partial charge < -0.3 is 14.7 Å². The van der Waals surface area contributed by atoms with Crippen LogP contribution in [0.3, 0.4) is 0 Å². The van der Waals surface area contributed by atoms with Crippen LogP contribution in [0, 0.1) is 0 Å². The van der Waals surface area contributed by atoms with Crippen LogP contribution in [0.5, 0.6) is 0 Å². The van der Waals surface area contributed by atoms with Crippen LogP contribution in [0.25, 0.3) is 0 Å². The van der Waals surface area contributed by atoms with Gasteiger partial charge in [0.05, 0.1) is 18.8 Å². The van der Waals surface area contributed by atoms with Crippen LogP contribution in [-0.2, 0) is 20.7 Å². The lowest BCUT2D eigenvalue weighted by Crippen LogP contribution is -2.32. The zero-order valence-electron chi connectivity index (χ0n) is 20.2. The number of hydrogen-bond acceptors (Lipinski definition) is 4. The molecule has 0 aromatic heterocycles. The highest BCUT2D eigenvalue weighted by Crippen LogP contribution is 2.23. The van der Waals surface area contributed by atoms with Gasteiger partial charge in [-0.05, 0) is 49.3 Å². The number of hydrogen-bond donors (Lipinski definition) is 1. The summed E-state index contributed by atoms with van der Waals surface area (Å²) in [7, 11) is 0. The van der Waals surface area contributed by atoms with Crippen molar-refractivity contribution in [3.05, 3.63) is 83.4 Å². The van der Waals surface area contributed by atoms with Crippen LogP contribution >= 0.6 is 0 Å². The Kier molecular flexibility index (Phi) is 10.4. The quantitative estimate of drug-likeness (QED) is 0.246. The molecule has 1 aliphatic rings. The van der Waals surface area contributed by atoms with Gasteiger partial charge in [-0.1, -0.05) is 79.6 Å². The summed E-state index contributed by atoms with van der Waals surface area (Å²) in [5, 5.41) is 10.8. The molecule has 1 saturated heterocycles. The normalized spacial score (nSPS) is 16.8. The molecule has 1 N–H and O–H groups in total. The molecule has 1 amide bonds. The van der Waals surface area contributed by atoms with Crippen LogP contribution < -0.4 is 0 Å². The second-order valence-electron chi connectivity index (χ2n) is 8.90. The molecule has 1 unspecified atom stereocenters. The third-order valence-electron chi connectivity index (χ3n) is 6.27. The Morgan fingerprint density at radius 3 is 2.65 bits per heavy atom. The molecule has 2 atom stereocenters. The van der Waals surface area contributed by atoms with Crippen molar-refractivity contribution in [3.8, 4) is 0 Å². The molecule has 2 aromatic rings. The number of benzene rings is 2. The second kappa shape index (κ2) is 13.7. The summed E-state index contributed by atoms with van der Waals surface area (Å²) in [5.41, 5.74) is 3.27. The van der Waals surface area contributed by atoms with Gasteiger partial charge in [0.2, 0.25) is 5.91 Å². The highest BCUT2D eigenvalue weighted by molar-refractivity contribution is 5.79. The van der Waals surface area contributed by atoms with Crippen molar-refractivity contribution in [1.82, 2.24) is 4.90 Å². The fourth-order valence-corrected chi connectivity index (χ4v) is 4.45. The van der Waals surface area contributed by atoms with E-state index < -0.39 is 6.10 Å². The van der Waals surface area contributed by atoms with Crippen LogP contribution in [-0.4, -0.2) is 41.1 Å². The van der Waals surface area contributed by atoms with E-state index in [1.165, 1.54) is 5.56 Å². The largest absolute Gasteiger partial charge is 0.466 e. The Labute approximate surface area is 203 Å². The number of carbonyl (C=O) groups excluding carboxylic acids is 2. The molecular formula is C29H37NO4. The van der Waals surface area contributed by atoms with E-state index in [1.807, 2.05) is 54.3 Å². The lowest BCUT2D eigenvalue weighted by molar-refractivity contribution is -0.143. The van der Waals surface area contributed by atoms with Gasteiger partial charge in [-0.15, -0.1) is 0 Å². The summed E-state index contributed by atoms with van der Waals surface area (Å²) in [6.07, 6.45) is 9.43. The Bertz CT molecular complexity index is 940. The first-order valence-electron chi connectivity index (χ1n) is 12.5. The molecule has 0 bridgehead atoms. The first kappa shape index (κ1) is 25.7. The maximum atomic E-state index is 12.4. The van der Waals surface area contributed by atoms with Gasteiger partial charge in [-0.3, -0.25) is 9.59 Å². The van der Waals surface area contributed by atoms with Crippen molar-refractivity contribution in [2.45, 2.75) is 70.4 Å². The van der Waals surface area contributed by atoms with Crippen LogP contribution in [0.15, 0.2) is 66.7 Å². The van der Waals surface area contributed by atoms with Gasteiger partial charge in [-0.2, -0.15) is 0 Å². The lowest BCUT2D eigenvalue weighted by atomic mass is 10.00. The Hall–Kier alpha value is -2.92. The lowest BCUT2D eigenvalue weighted by Gasteiger charge is -2.22. The minimum absolute atomic E-state index is 0.0363. The van der Waals surface area contributed by atoms with Gasteiger partial charge in [0.25, 0.3) is 0 Å². The van der Waals surface area contributed by atoms with Crippen LogP contribution in [0.1, 0.15) is 74.7 Å². The standard InChI is InChI=1S/C29H37NO4/c1-2-34-29(33)15-8-3-4-9-20-30-26(17-19-28(30)32)16-18-27(31)25-14-10-13-24(22-25)21-23-11-6-5-7-12-23/h5-7,10-14,16,18,22,26-27,31H,2-4,8-9,15,17,19-21H2,1H3/t26?,27-/m1/s1. The summed E-state index contributed by atoms with van der Waals surface area (Å²) in [6, 6.07) is 18.4. The number of unbranched alkanes of at least 4 members (excludes halogenated alkanes) is 3. The molecule has 2 aromatic carbocycles. The van der Waals surface area contributed by atoms with Gasteiger partial charge >= 0.3 is 5.97 Å². The average Bonchev–Trinajstić information content (AvgIpc) is 3.20. The van der Waals surface area contributed by atoms with E-state index in [9.17, 15) is 14.7 Å². The van der Waals surface area contributed by atoms with Crippen LogP contribution in [0.2, 0.25) is 0 Å². The van der Waals surface area contributed by atoms with Crippen molar-refractivity contribution in [2.75, 3.05) is 13.2 Å². The van der Waals surface area contributed by atoms with Gasteiger partial charge in [0, 0.05) is 19.4 Å². The Balaban J connectivity index is 1.47. The van der Waals surface area contributed by atoms with Crippen molar-refractivity contribution in [1.29, 1.82) is 0 Å². The number of ether oxygens (including phenoxy) is 1. The molecule has 3 rings (SSSR count). The molecule has 182 valence electrons. The maximum Gasteiger partial charge on any atom is 0.305 e. The molecule has 5 nitrogen and oxygen atoms in total. The van der Waals surface area contributed by atoms with Crippen LogP contribution in [0.4, 0.5) is 0 Å². The maximum absolute atomic E-state index is 12.4. The van der Waals surface area contributed by atoms with Crippen molar-refractivity contribution < 1.29 is 19.4 Å². The molecule has 5 heteroatoms. The molecule has 0 aliphatic carbocycles.